The Balaban J connectivity index is 1.54. The van der Waals surface area contributed by atoms with Crippen LogP contribution in [-0.2, 0) is 14.8 Å². The number of ether oxygens (including phenoxy) is 1. The Morgan fingerprint density at radius 1 is 1.24 bits per heavy atom. The van der Waals surface area contributed by atoms with Crippen LogP contribution in [0.25, 0.3) is 11.3 Å². The maximum Gasteiger partial charge on any atom is 0.262 e. The van der Waals surface area contributed by atoms with Crippen LogP contribution >= 0.6 is 11.3 Å². The predicted octanol–water partition coefficient (Wildman–Crippen LogP) is 2.04. The summed E-state index contributed by atoms with van der Waals surface area (Å²) in [5, 5.41) is 12.6. The number of sulfonamides is 1. The maximum atomic E-state index is 12.4. The molecule has 4 rings (SSSR count). The second-order valence-corrected chi connectivity index (χ2v) is 8.53. The smallest absolute Gasteiger partial charge is 0.262 e. The molecule has 2 amide bonds. The van der Waals surface area contributed by atoms with Crippen LogP contribution in [-0.4, -0.2) is 31.8 Å². The molecule has 0 fully saturated rings. The van der Waals surface area contributed by atoms with Gasteiger partial charge in [-0.05, 0) is 36.4 Å². The third-order valence-corrected chi connectivity index (χ3v) is 5.73. The minimum absolute atomic E-state index is 0.0219. The van der Waals surface area contributed by atoms with Crippen molar-refractivity contribution in [3.8, 4) is 17.0 Å². The average molecular weight is 430 g/mol. The number of rotatable bonds is 4. The minimum atomic E-state index is -3.91. The van der Waals surface area contributed by atoms with E-state index in [1.165, 1.54) is 35.6 Å². The van der Waals surface area contributed by atoms with Crippen molar-refractivity contribution >= 4 is 44.0 Å². The molecular weight excluding hydrogens is 416 g/mol. The highest BCUT2D eigenvalue weighted by Crippen LogP contribution is 2.33. The van der Waals surface area contributed by atoms with Crippen LogP contribution in [0, 0.1) is 0 Å². The van der Waals surface area contributed by atoms with E-state index in [9.17, 15) is 18.0 Å². The summed E-state index contributed by atoms with van der Waals surface area (Å²) in [6.45, 7) is -0.0219. The number of benzene rings is 2. The summed E-state index contributed by atoms with van der Waals surface area (Å²) in [7, 11) is -3.91. The molecule has 2 aromatic carbocycles. The van der Waals surface area contributed by atoms with Crippen LogP contribution in [0.4, 0.5) is 10.8 Å². The molecule has 0 atom stereocenters. The van der Waals surface area contributed by atoms with Crippen LogP contribution in [0.1, 0.15) is 10.4 Å². The molecule has 0 radical (unpaired) electrons. The highest BCUT2D eigenvalue weighted by Gasteiger charge is 2.18. The van der Waals surface area contributed by atoms with Gasteiger partial charge in [-0.3, -0.25) is 14.9 Å². The first-order valence-electron chi connectivity index (χ1n) is 8.26. The Bertz CT molecular complexity index is 1240. The number of carbonyl (C=O) groups excluding carboxylic acids is 2. The van der Waals surface area contributed by atoms with Crippen molar-refractivity contribution in [3.05, 3.63) is 53.4 Å². The number of fused-ring (bicyclic) bond motifs is 1. The standard InChI is InChI=1S/C18H14N4O5S2/c19-29(25,26)12-3-1-2-11(6-12)17(24)22-18-21-14(9-28-18)10-4-5-15-13(7-10)20-16(23)8-27-15/h1-7,9H,8H2,(H,20,23)(H2,19,25,26)(H,21,22,24). The molecular formula is C18H14N4O5S2. The molecule has 148 valence electrons. The molecule has 9 nitrogen and oxygen atoms in total. The van der Waals surface area contributed by atoms with Crippen molar-refractivity contribution in [1.82, 2.24) is 4.98 Å². The van der Waals surface area contributed by atoms with E-state index in [0.29, 0.717) is 22.3 Å². The molecule has 1 aromatic heterocycles. The number of hydrogen-bond acceptors (Lipinski definition) is 7. The Hall–Kier alpha value is -3.28. The quantitative estimate of drug-likeness (QED) is 0.578. The van der Waals surface area contributed by atoms with E-state index >= 15 is 0 Å². The van der Waals surface area contributed by atoms with Crippen molar-refractivity contribution in [2.75, 3.05) is 17.2 Å². The third-order valence-electron chi connectivity index (χ3n) is 4.06. The number of nitrogens with zero attached hydrogens (tertiary/aromatic N) is 1. The fourth-order valence-corrected chi connectivity index (χ4v) is 3.96. The summed E-state index contributed by atoms with van der Waals surface area (Å²) >= 11 is 1.21. The van der Waals surface area contributed by atoms with Gasteiger partial charge in [-0.15, -0.1) is 11.3 Å². The topological polar surface area (TPSA) is 140 Å². The average Bonchev–Trinajstić information content (AvgIpc) is 3.15. The van der Waals surface area contributed by atoms with E-state index in [1.807, 2.05) is 0 Å². The summed E-state index contributed by atoms with van der Waals surface area (Å²) in [5.41, 5.74) is 2.03. The lowest BCUT2D eigenvalue weighted by molar-refractivity contribution is -0.118. The van der Waals surface area contributed by atoms with E-state index in [1.54, 1.807) is 23.6 Å². The number of hydrogen-bond donors (Lipinski definition) is 3. The molecule has 0 saturated heterocycles. The predicted molar refractivity (Wildman–Crippen MR) is 107 cm³/mol. The van der Waals surface area contributed by atoms with E-state index in [-0.39, 0.29) is 23.0 Å². The molecule has 2 heterocycles. The van der Waals surface area contributed by atoms with Crippen molar-refractivity contribution in [2.24, 2.45) is 5.14 Å². The lowest BCUT2D eigenvalue weighted by Crippen LogP contribution is -2.25. The fraction of sp³-hybridized carbons (Fsp3) is 0.0556. The van der Waals surface area contributed by atoms with Crippen molar-refractivity contribution in [3.63, 3.8) is 0 Å². The minimum Gasteiger partial charge on any atom is -0.482 e. The van der Waals surface area contributed by atoms with E-state index in [4.69, 9.17) is 9.88 Å². The number of primary sulfonamides is 1. The van der Waals surface area contributed by atoms with E-state index in [0.717, 1.165) is 5.56 Å². The molecule has 0 spiro atoms. The van der Waals surface area contributed by atoms with Crippen LogP contribution in [0.15, 0.2) is 52.7 Å². The van der Waals surface area contributed by atoms with E-state index in [2.05, 4.69) is 15.6 Å². The number of carbonyl (C=O) groups is 2. The van der Waals surface area contributed by atoms with Crippen LogP contribution in [0.2, 0.25) is 0 Å². The lowest BCUT2D eigenvalue weighted by Gasteiger charge is -2.18. The van der Waals surface area contributed by atoms with Gasteiger partial charge in [-0.25, -0.2) is 18.5 Å². The highest BCUT2D eigenvalue weighted by atomic mass is 32.2. The summed E-state index contributed by atoms with van der Waals surface area (Å²) in [4.78, 5) is 28.1. The molecule has 4 N–H and O–H groups in total. The molecule has 0 bridgehead atoms. The molecule has 0 saturated carbocycles. The maximum absolute atomic E-state index is 12.4. The Morgan fingerprint density at radius 2 is 2.07 bits per heavy atom. The Labute approximate surface area is 169 Å². The molecule has 1 aliphatic rings. The van der Waals surface area contributed by atoms with Crippen molar-refractivity contribution in [1.29, 1.82) is 0 Å². The van der Waals surface area contributed by atoms with Gasteiger partial charge < -0.3 is 10.1 Å². The number of nitrogens with two attached hydrogens (primary N) is 1. The molecule has 3 aromatic rings. The first-order chi connectivity index (χ1) is 13.8. The first-order valence-corrected chi connectivity index (χ1v) is 10.7. The zero-order valence-corrected chi connectivity index (χ0v) is 16.3. The molecule has 29 heavy (non-hydrogen) atoms. The largest absolute Gasteiger partial charge is 0.482 e. The second kappa shape index (κ2) is 7.28. The van der Waals surface area contributed by atoms with Gasteiger partial charge in [0.15, 0.2) is 11.7 Å². The summed E-state index contributed by atoms with van der Waals surface area (Å²) in [5.74, 6) is -0.169. The van der Waals surface area contributed by atoms with Gasteiger partial charge in [-0.2, -0.15) is 0 Å². The number of amides is 2. The molecule has 1 aliphatic heterocycles. The zero-order chi connectivity index (χ0) is 20.6. The van der Waals surface area contributed by atoms with Gasteiger partial charge >= 0.3 is 0 Å². The monoisotopic (exact) mass is 430 g/mol. The van der Waals surface area contributed by atoms with Crippen molar-refractivity contribution in [2.45, 2.75) is 4.90 Å². The van der Waals surface area contributed by atoms with Gasteiger partial charge in [0.2, 0.25) is 10.0 Å². The summed E-state index contributed by atoms with van der Waals surface area (Å²) in [6, 6.07) is 10.7. The number of thiazole rings is 1. The summed E-state index contributed by atoms with van der Waals surface area (Å²) < 4.78 is 28.2. The van der Waals surface area contributed by atoms with Gasteiger partial charge in [0.1, 0.15) is 5.75 Å². The Morgan fingerprint density at radius 3 is 2.86 bits per heavy atom. The number of anilines is 2. The zero-order valence-electron chi connectivity index (χ0n) is 14.7. The Kier molecular flexibility index (Phi) is 4.78. The lowest BCUT2D eigenvalue weighted by atomic mass is 10.1. The van der Waals surface area contributed by atoms with Crippen LogP contribution < -0.4 is 20.5 Å². The molecule has 0 aliphatic carbocycles. The normalized spacial score (nSPS) is 13.2. The highest BCUT2D eigenvalue weighted by molar-refractivity contribution is 7.89. The number of aromatic nitrogens is 1. The third kappa shape index (κ3) is 4.11. The number of nitrogens with one attached hydrogen (secondary N) is 2. The SMILES string of the molecule is NS(=O)(=O)c1cccc(C(=O)Nc2nc(-c3ccc4c(c3)NC(=O)CO4)cs2)c1. The van der Waals surface area contributed by atoms with Crippen LogP contribution in [0.5, 0.6) is 5.75 Å². The second-order valence-electron chi connectivity index (χ2n) is 6.11. The molecule has 11 heteroatoms. The van der Waals surface area contributed by atoms with E-state index < -0.39 is 15.9 Å². The van der Waals surface area contributed by atoms with Gasteiger partial charge in [0.05, 0.1) is 16.3 Å². The molecule has 0 unspecified atom stereocenters. The summed E-state index contributed by atoms with van der Waals surface area (Å²) in [6.07, 6.45) is 0. The van der Waals surface area contributed by atoms with Crippen LogP contribution in [0.3, 0.4) is 0 Å². The van der Waals surface area contributed by atoms with Gasteiger partial charge in [-0.1, -0.05) is 6.07 Å². The van der Waals surface area contributed by atoms with Gasteiger partial charge in [0.25, 0.3) is 11.8 Å². The first kappa shape index (κ1) is 19.1. The van der Waals surface area contributed by atoms with Crippen molar-refractivity contribution < 1.29 is 22.7 Å². The van der Waals surface area contributed by atoms with Gasteiger partial charge in [0, 0.05) is 16.5 Å². The fourth-order valence-electron chi connectivity index (χ4n) is 2.69.